The van der Waals surface area contributed by atoms with Crippen molar-refractivity contribution in [2.75, 3.05) is 6.61 Å². The van der Waals surface area contributed by atoms with Crippen LogP contribution in [0.1, 0.15) is 86.1 Å². The highest BCUT2D eigenvalue weighted by atomic mass is 16.6. The van der Waals surface area contributed by atoms with Gasteiger partial charge in [-0.3, -0.25) is 14.8 Å². The second-order valence-electron chi connectivity index (χ2n) is 14.0. The zero-order chi connectivity index (χ0) is 34.6. The van der Waals surface area contributed by atoms with E-state index in [1.807, 2.05) is 57.2 Å². The topological polar surface area (TPSA) is 117 Å². The third-order valence-electron chi connectivity index (χ3n) is 10.3. The summed E-state index contributed by atoms with van der Waals surface area (Å²) in [6.45, 7) is 8.15. The number of fused-ring (bicyclic) bond motifs is 2. The smallest absolute Gasteiger partial charge is 0.340 e. The first kappa shape index (κ1) is 34.2. The number of pyridine rings is 2. The minimum absolute atomic E-state index is 0.0143. The van der Waals surface area contributed by atoms with Crippen LogP contribution < -0.4 is 0 Å². The van der Waals surface area contributed by atoms with E-state index < -0.39 is 47.0 Å². The number of nitrogens with zero attached hydrogens (tertiary/aromatic N) is 2. The molecule has 9 heteroatoms. The number of hydrogen-bond acceptors (Lipinski definition) is 9. The molecule has 0 N–H and O–H groups in total. The minimum Gasteiger partial charge on any atom is -0.465 e. The summed E-state index contributed by atoms with van der Waals surface area (Å²) < 4.78 is 25.5. The summed E-state index contributed by atoms with van der Waals surface area (Å²) >= 11 is 0. The largest absolute Gasteiger partial charge is 0.465 e. The lowest BCUT2D eigenvalue weighted by atomic mass is 9.68. The Kier molecular flexibility index (Phi) is 10.1. The fourth-order valence-electron chi connectivity index (χ4n) is 7.61. The van der Waals surface area contributed by atoms with Gasteiger partial charge in [-0.15, -0.1) is 0 Å². The van der Waals surface area contributed by atoms with Gasteiger partial charge in [0, 0.05) is 37.1 Å². The predicted octanol–water partition coefficient (Wildman–Crippen LogP) is 7.03. The Labute approximate surface area is 287 Å². The SMILES string of the molecule is CC(C)=C1CC[C@]2(COC(=O)Cc3ccccc3)[C@@H](OC(=O)c3cccnc3)/C=C(/C)CC[C@H]3O[C@@]3(C)C[C@H](OC(=O)c3cccnc3)[C@@H]12. The van der Waals surface area contributed by atoms with Crippen molar-refractivity contribution in [3.05, 3.63) is 119 Å². The number of hydrogen-bond donors (Lipinski definition) is 0. The van der Waals surface area contributed by atoms with Crippen LogP contribution in [0.3, 0.4) is 0 Å². The molecule has 0 spiro atoms. The van der Waals surface area contributed by atoms with Gasteiger partial charge in [-0.05, 0) is 89.3 Å². The first-order valence-electron chi connectivity index (χ1n) is 17.0. The third kappa shape index (κ3) is 7.67. The molecule has 0 amide bonds. The van der Waals surface area contributed by atoms with E-state index in [9.17, 15) is 14.4 Å². The molecule has 1 aliphatic heterocycles. The van der Waals surface area contributed by atoms with Gasteiger partial charge in [0.05, 0.1) is 34.7 Å². The monoisotopic (exact) mass is 664 g/mol. The molecule has 6 rings (SSSR count). The van der Waals surface area contributed by atoms with Crippen LogP contribution in [0.15, 0.2) is 102 Å². The molecule has 1 saturated carbocycles. The van der Waals surface area contributed by atoms with Gasteiger partial charge in [0.1, 0.15) is 18.8 Å². The lowest BCUT2D eigenvalue weighted by Crippen LogP contribution is -2.50. The Morgan fingerprint density at radius 3 is 2.20 bits per heavy atom. The summed E-state index contributed by atoms with van der Waals surface area (Å²) in [6, 6.07) is 16.2. The second-order valence-corrected chi connectivity index (χ2v) is 14.0. The van der Waals surface area contributed by atoms with E-state index in [2.05, 4.69) is 16.9 Å². The first-order chi connectivity index (χ1) is 23.6. The maximum Gasteiger partial charge on any atom is 0.340 e. The van der Waals surface area contributed by atoms with Crippen molar-refractivity contribution in [2.24, 2.45) is 11.3 Å². The van der Waals surface area contributed by atoms with Crippen LogP contribution in [0.2, 0.25) is 0 Å². The highest BCUT2D eigenvalue weighted by molar-refractivity contribution is 5.89. The summed E-state index contributed by atoms with van der Waals surface area (Å²) in [5.74, 6) is -1.88. The van der Waals surface area contributed by atoms with E-state index in [0.717, 1.165) is 35.1 Å². The Balaban J connectivity index is 1.46. The predicted molar refractivity (Wildman–Crippen MR) is 182 cm³/mol. The Morgan fingerprint density at radius 2 is 1.57 bits per heavy atom. The van der Waals surface area contributed by atoms with Crippen LogP contribution in [0.25, 0.3) is 0 Å². The Hall–Kier alpha value is -4.63. The van der Waals surface area contributed by atoms with Crippen molar-refractivity contribution in [1.82, 2.24) is 9.97 Å². The van der Waals surface area contributed by atoms with Crippen molar-refractivity contribution in [1.29, 1.82) is 0 Å². The van der Waals surface area contributed by atoms with Gasteiger partial charge >= 0.3 is 17.9 Å². The summed E-state index contributed by atoms with van der Waals surface area (Å²) in [5, 5.41) is 0. The molecule has 3 aromatic rings. The fraction of sp³-hybridized carbons (Fsp3) is 0.425. The van der Waals surface area contributed by atoms with E-state index in [1.54, 1.807) is 36.7 Å². The highest BCUT2D eigenvalue weighted by Crippen LogP contribution is 2.57. The number of epoxide rings is 1. The maximum absolute atomic E-state index is 13.8. The van der Waals surface area contributed by atoms with Crippen molar-refractivity contribution < 1.29 is 33.3 Å². The van der Waals surface area contributed by atoms with Crippen LogP contribution in [-0.4, -0.2) is 58.4 Å². The molecule has 2 aliphatic carbocycles. The van der Waals surface area contributed by atoms with Crippen LogP contribution >= 0.6 is 0 Å². The van der Waals surface area contributed by atoms with Crippen molar-refractivity contribution in [3.63, 3.8) is 0 Å². The van der Waals surface area contributed by atoms with Crippen LogP contribution in [0.5, 0.6) is 0 Å². The lowest BCUT2D eigenvalue weighted by molar-refractivity contribution is -0.152. The summed E-state index contributed by atoms with van der Waals surface area (Å²) in [4.78, 5) is 49.3. The molecule has 0 unspecified atom stereocenters. The molecule has 2 aromatic heterocycles. The van der Waals surface area contributed by atoms with Gasteiger partial charge < -0.3 is 18.9 Å². The molecule has 1 aromatic carbocycles. The van der Waals surface area contributed by atoms with Crippen molar-refractivity contribution >= 4 is 17.9 Å². The molecular formula is C40H44N2O7. The number of aromatic nitrogens is 2. The quantitative estimate of drug-likeness (QED) is 0.108. The molecule has 2 fully saturated rings. The summed E-state index contributed by atoms with van der Waals surface area (Å²) in [5.41, 5.74) is 3.21. The number of allylic oxidation sites excluding steroid dienone is 2. The van der Waals surface area contributed by atoms with Gasteiger partial charge in [0.25, 0.3) is 0 Å². The normalized spacial score (nSPS) is 28.8. The average Bonchev–Trinajstić information content (AvgIpc) is 3.57. The standard InChI is InChI=1S/C40H44N2O7/c1-26(2)31-16-17-40(25-46-35(43)21-28-10-6-5-7-11-28)34(48-38(45)30-13-9-19-42-24-30)20-27(3)14-15-33-39(4,49-33)22-32(36(31)40)47-37(44)29-12-8-18-41-23-29/h5-13,18-20,23-24,32-34,36H,14-17,21-22,25H2,1-4H3/b27-20-/t32-,33+,34-,36+,39-,40-/m0/s1. The maximum atomic E-state index is 13.8. The first-order valence-corrected chi connectivity index (χ1v) is 17.0. The number of ether oxygens (including phenoxy) is 4. The minimum atomic E-state index is -0.969. The molecule has 49 heavy (non-hydrogen) atoms. The molecule has 0 radical (unpaired) electrons. The Bertz CT molecular complexity index is 1720. The number of esters is 3. The second kappa shape index (κ2) is 14.5. The number of rotatable bonds is 8. The van der Waals surface area contributed by atoms with E-state index in [-0.39, 0.29) is 19.1 Å². The molecule has 3 aliphatic rings. The molecular weight excluding hydrogens is 620 g/mol. The van der Waals surface area contributed by atoms with E-state index in [4.69, 9.17) is 18.9 Å². The van der Waals surface area contributed by atoms with Gasteiger partial charge in [0.2, 0.25) is 0 Å². The summed E-state index contributed by atoms with van der Waals surface area (Å²) in [7, 11) is 0. The van der Waals surface area contributed by atoms with Crippen molar-refractivity contribution in [2.45, 2.75) is 90.1 Å². The molecule has 3 heterocycles. The van der Waals surface area contributed by atoms with E-state index >= 15 is 0 Å². The lowest BCUT2D eigenvalue weighted by Gasteiger charge is -2.43. The van der Waals surface area contributed by atoms with Crippen molar-refractivity contribution in [3.8, 4) is 0 Å². The Morgan fingerprint density at radius 1 is 0.898 bits per heavy atom. The molecule has 256 valence electrons. The molecule has 9 nitrogen and oxygen atoms in total. The van der Waals surface area contributed by atoms with Crippen LogP contribution in [0.4, 0.5) is 0 Å². The number of carbonyl (C=O) groups excluding carboxylic acids is 3. The zero-order valence-electron chi connectivity index (χ0n) is 28.6. The van der Waals surface area contributed by atoms with Gasteiger partial charge in [-0.25, -0.2) is 9.59 Å². The third-order valence-corrected chi connectivity index (χ3v) is 10.3. The molecule has 0 bridgehead atoms. The van der Waals surface area contributed by atoms with Crippen LogP contribution in [0, 0.1) is 11.3 Å². The van der Waals surface area contributed by atoms with Gasteiger partial charge in [-0.1, -0.05) is 47.1 Å². The number of benzene rings is 1. The van der Waals surface area contributed by atoms with Gasteiger partial charge in [0.15, 0.2) is 0 Å². The van der Waals surface area contributed by atoms with Crippen LogP contribution in [-0.2, 0) is 30.2 Å². The van der Waals surface area contributed by atoms with E-state index in [1.165, 1.54) is 12.4 Å². The van der Waals surface area contributed by atoms with E-state index in [0.29, 0.717) is 30.4 Å². The van der Waals surface area contributed by atoms with Gasteiger partial charge in [-0.2, -0.15) is 0 Å². The zero-order valence-corrected chi connectivity index (χ0v) is 28.6. The molecule has 6 atom stereocenters. The molecule has 1 saturated heterocycles. The number of carbonyl (C=O) groups is 3. The highest BCUT2D eigenvalue weighted by Gasteiger charge is 2.61. The summed E-state index contributed by atoms with van der Waals surface area (Å²) in [6.07, 6.45) is 9.88. The fourth-order valence-corrected chi connectivity index (χ4v) is 7.61. The average molecular weight is 665 g/mol.